The van der Waals surface area contributed by atoms with Gasteiger partial charge in [-0.2, -0.15) is 5.26 Å². The van der Waals surface area contributed by atoms with Crippen LogP contribution in [-0.4, -0.2) is 18.3 Å². The monoisotopic (exact) mass is 202 g/mol. The first kappa shape index (κ1) is 10.2. The van der Waals surface area contributed by atoms with E-state index in [9.17, 15) is 5.11 Å². The Hall–Kier alpha value is -1.37. The Kier molecular flexibility index (Phi) is 2.47. The minimum atomic E-state index is -0.103. The summed E-state index contributed by atoms with van der Waals surface area (Å²) < 4.78 is 0. The zero-order valence-corrected chi connectivity index (χ0v) is 8.48. The summed E-state index contributed by atoms with van der Waals surface area (Å²) in [6.07, 6.45) is 0.950. The molecule has 1 aromatic carbocycles. The van der Waals surface area contributed by atoms with Crippen LogP contribution in [0.5, 0.6) is 0 Å². The molecule has 0 aliphatic heterocycles. The van der Waals surface area contributed by atoms with E-state index >= 15 is 0 Å². The molecular formula is C12H14N2O. The lowest BCUT2D eigenvalue weighted by molar-refractivity contribution is 0.211. The van der Waals surface area contributed by atoms with E-state index < -0.39 is 0 Å². The minimum Gasteiger partial charge on any atom is -0.396 e. The topological polar surface area (TPSA) is 70.0 Å². The summed E-state index contributed by atoms with van der Waals surface area (Å²) in [6, 6.07) is 9.62. The van der Waals surface area contributed by atoms with Crippen molar-refractivity contribution >= 4 is 0 Å². The molecule has 0 saturated heterocycles. The maximum atomic E-state index is 9.26. The van der Waals surface area contributed by atoms with Crippen LogP contribution in [0.25, 0.3) is 0 Å². The number of rotatable bonds is 3. The fraction of sp³-hybridized carbons (Fsp3) is 0.417. The molecule has 3 heteroatoms. The van der Waals surface area contributed by atoms with Crippen LogP contribution in [0.15, 0.2) is 24.3 Å². The molecule has 1 aliphatic rings. The number of nitrogens with zero attached hydrogens (tertiary/aromatic N) is 1. The Morgan fingerprint density at radius 1 is 1.47 bits per heavy atom. The first-order chi connectivity index (χ1) is 7.25. The van der Waals surface area contributed by atoms with Crippen molar-refractivity contribution in [3.8, 4) is 6.07 Å². The number of aliphatic hydroxyl groups excluding tert-OH is 1. The molecule has 1 saturated carbocycles. The number of benzene rings is 1. The molecule has 78 valence electrons. The molecule has 0 aromatic heterocycles. The van der Waals surface area contributed by atoms with Gasteiger partial charge in [0.25, 0.3) is 0 Å². The number of nitrogens with two attached hydrogens (primary N) is 1. The van der Waals surface area contributed by atoms with Crippen LogP contribution in [0.1, 0.15) is 23.5 Å². The second-order valence-corrected chi connectivity index (χ2v) is 4.22. The second kappa shape index (κ2) is 3.65. The number of hydrogen-bond acceptors (Lipinski definition) is 3. The smallest absolute Gasteiger partial charge is 0.0991 e. The zero-order valence-electron chi connectivity index (χ0n) is 8.48. The Morgan fingerprint density at radius 2 is 2.13 bits per heavy atom. The lowest BCUT2D eigenvalue weighted by Gasteiger charge is -2.10. The summed E-state index contributed by atoms with van der Waals surface area (Å²) in [6.45, 7) is 0.669. The predicted octanol–water partition coefficient (Wildman–Crippen LogP) is 0.983. The highest BCUT2D eigenvalue weighted by Gasteiger charge is 2.53. The molecule has 3 nitrogen and oxygen atoms in total. The van der Waals surface area contributed by atoms with Gasteiger partial charge in [-0.3, -0.25) is 0 Å². The normalized spacial score (nSPS) is 28.5. The van der Waals surface area contributed by atoms with Gasteiger partial charge in [0.1, 0.15) is 0 Å². The Balaban J connectivity index is 2.17. The molecule has 1 aliphatic carbocycles. The van der Waals surface area contributed by atoms with Crippen LogP contribution in [0.2, 0.25) is 0 Å². The van der Waals surface area contributed by atoms with Gasteiger partial charge in [0.15, 0.2) is 0 Å². The third-order valence-electron chi connectivity index (χ3n) is 3.35. The highest BCUT2D eigenvalue weighted by Crippen LogP contribution is 2.58. The van der Waals surface area contributed by atoms with E-state index in [0.717, 1.165) is 6.42 Å². The van der Waals surface area contributed by atoms with E-state index in [1.54, 1.807) is 0 Å². The van der Waals surface area contributed by atoms with Crippen molar-refractivity contribution in [1.29, 1.82) is 5.26 Å². The van der Waals surface area contributed by atoms with Crippen LogP contribution < -0.4 is 5.73 Å². The van der Waals surface area contributed by atoms with E-state index in [1.165, 1.54) is 5.56 Å². The SMILES string of the molecule is N#Cc1ccc(C2CC2(CN)CO)cc1. The molecule has 0 bridgehead atoms. The quantitative estimate of drug-likeness (QED) is 0.767. The van der Waals surface area contributed by atoms with Crippen LogP contribution in [-0.2, 0) is 0 Å². The molecular weight excluding hydrogens is 188 g/mol. The zero-order chi connectivity index (χ0) is 10.9. The van der Waals surface area contributed by atoms with Crippen molar-refractivity contribution in [3.05, 3.63) is 35.4 Å². The van der Waals surface area contributed by atoms with Crippen molar-refractivity contribution in [2.75, 3.05) is 13.2 Å². The third kappa shape index (κ3) is 1.63. The lowest BCUT2D eigenvalue weighted by atomic mass is 9.99. The van der Waals surface area contributed by atoms with Gasteiger partial charge >= 0.3 is 0 Å². The fourth-order valence-corrected chi connectivity index (χ4v) is 2.07. The van der Waals surface area contributed by atoms with E-state index in [0.29, 0.717) is 18.0 Å². The maximum absolute atomic E-state index is 9.26. The third-order valence-corrected chi connectivity index (χ3v) is 3.35. The maximum Gasteiger partial charge on any atom is 0.0991 e. The first-order valence-corrected chi connectivity index (χ1v) is 5.07. The number of nitriles is 1. The summed E-state index contributed by atoms with van der Waals surface area (Å²) >= 11 is 0. The summed E-state index contributed by atoms with van der Waals surface area (Å²) in [5.74, 6) is 0.361. The van der Waals surface area contributed by atoms with E-state index in [4.69, 9.17) is 11.0 Å². The molecule has 0 radical (unpaired) electrons. The Bertz CT molecular complexity index is 387. The van der Waals surface area contributed by atoms with E-state index in [-0.39, 0.29) is 12.0 Å². The molecule has 0 amide bonds. The molecule has 2 unspecified atom stereocenters. The van der Waals surface area contributed by atoms with Gasteiger partial charge in [-0.15, -0.1) is 0 Å². The van der Waals surface area contributed by atoms with E-state index in [2.05, 4.69) is 6.07 Å². The van der Waals surface area contributed by atoms with Crippen molar-refractivity contribution in [2.45, 2.75) is 12.3 Å². The molecule has 2 rings (SSSR count). The average molecular weight is 202 g/mol. The molecule has 1 fully saturated rings. The standard InChI is InChI=1S/C12H14N2O/c13-6-9-1-3-10(4-2-9)11-5-12(11,7-14)8-15/h1-4,11,15H,5,7-8,14H2. The van der Waals surface area contributed by atoms with Crippen LogP contribution >= 0.6 is 0 Å². The molecule has 15 heavy (non-hydrogen) atoms. The van der Waals surface area contributed by atoms with Gasteiger partial charge in [0, 0.05) is 12.0 Å². The van der Waals surface area contributed by atoms with Crippen LogP contribution in [0.4, 0.5) is 0 Å². The Morgan fingerprint density at radius 3 is 2.53 bits per heavy atom. The molecule has 0 heterocycles. The molecule has 0 spiro atoms. The summed E-state index contributed by atoms with van der Waals surface area (Å²) in [5, 5.41) is 17.9. The average Bonchev–Trinajstić information content (AvgIpc) is 3.05. The molecule has 1 aromatic rings. The van der Waals surface area contributed by atoms with Crippen molar-refractivity contribution in [2.24, 2.45) is 11.1 Å². The van der Waals surface area contributed by atoms with Gasteiger partial charge in [-0.25, -0.2) is 0 Å². The molecule has 3 N–H and O–H groups in total. The van der Waals surface area contributed by atoms with Crippen molar-refractivity contribution in [1.82, 2.24) is 0 Å². The fourth-order valence-electron chi connectivity index (χ4n) is 2.07. The number of aliphatic hydroxyl groups is 1. The van der Waals surface area contributed by atoms with Crippen molar-refractivity contribution < 1.29 is 5.11 Å². The minimum absolute atomic E-state index is 0.103. The van der Waals surface area contributed by atoms with Crippen LogP contribution in [0.3, 0.4) is 0 Å². The largest absolute Gasteiger partial charge is 0.396 e. The highest BCUT2D eigenvalue weighted by molar-refractivity contribution is 5.37. The lowest BCUT2D eigenvalue weighted by Crippen LogP contribution is -2.21. The van der Waals surface area contributed by atoms with E-state index in [1.807, 2.05) is 24.3 Å². The number of hydrogen-bond donors (Lipinski definition) is 2. The first-order valence-electron chi connectivity index (χ1n) is 5.07. The molecule has 2 atom stereocenters. The van der Waals surface area contributed by atoms with Gasteiger partial charge in [-0.05, 0) is 30.0 Å². The van der Waals surface area contributed by atoms with Crippen LogP contribution in [0, 0.1) is 16.7 Å². The van der Waals surface area contributed by atoms with Gasteiger partial charge in [0.05, 0.1) is 18.2 Å². The predicted molar refractivity (Wildman–Crippen MR) is 57.1 cm³/mol. The van der Waals surface area contributed by atoms with Gasteiger partial charge < -0.3 is 10.8 Å². The highest BCUT2D eigenvalue weighted by atomic mass is 16.3. The Labute approximate surface area is 89.1 Å². The van der Waals surface area contributed by atoms with Gasteiger partial charge in [0.2, 0.25) is 0 Å². The second-order valence-electron chi connectivity index (χ2n) is 4.22. The summed E-state index contributed by atoms with van der Waals surface area (Å²) in [7, 11) is 0. The summed E-state index contributed by atoms with van der Waals surface area (Å²) in [5.41, 5.74) is 7.39. The summed E-state index contributed by atoms with van der Waals surface area (Å²) in [4.78, 5) is 0. The van der Waals surface area contributed by atoms with Crippen molar-refractivity contribution in [3.63, 3.8) is 0 Å². The van der Waals surface area contributed by atoms with Gasteiger partial charge in [-0.1, -0.05) is 12.1 Å².